The molecule has 0 aliphatic carbocycles. The van der Waals surface area contributed by atoms with Crippen LogP contribution in [0.5, 0.6) is 0 Å². The number of benzene rings is 3. The minimum atomic E-state index is -0.603. The zero-order valence-electron chi connectivity index (χ0n) is 23.5. The normalized spacial score (nSPS) is 11.7. The molecule has 4 aromatic rings. The average molecular weight is 591 g/mol. The van der Waals surface area contributed by atoms with Crippen LogP contribution in [-0.4, -0.2) is 36.4 Å². The van der Waals surface area contributed by atoms with E-state index in [1.807, 2.05) is 99.0 Å². The number of furan rings is 1. The van der Waals surface area contributed by atoms with Crippen LogP contribution in [0.1, 0.15) is 40.6 Å². The molecule has 1 atom stereocenters. The van der Waals surface area contributed by atoms with Gasteiger partial charge in [-0.25, -0.2) is 0 Å². The van der Waals surface area contributed by atoms with Crippen molar-refractivity contribution in [3.63, 3.8) is 0 Å². The highest BCUT2D eigenvalue weighted by molar-refractivity contribution is 7.98. The summed E-state index contributed by atoms with van der Waals surface area (Å²) in [6.07, 6.45) is 2.54. The molecule has 0 aliphatic heterocycles. The molecule has 0 fully saturated rings. The summed E-state index contributed by atoms with van der Waals surface area (Å²) in [5.74, 6) is 1.78. The minimum Gasteiger partial charge on any atom is -0.459 e. The van der Waals surface area contributed by atoms with Crippen LogP contribution in [0, 0.1) is 6.92 Å². The number of carbonyl (C=O) groups excluding carboxylic acids is 2. The number of likely N-dealkylation sites (N-methyl/N-ethyl adjacent to an activating group) is 1. The molecular formula is C33H35ClN2O4S. The molecular weight excluding hydrogens is 556 g/mol. The zero-order chi connectivity index (χ0) is 29.2. The summed E-state index contributed by atoms with van der Waals surface area (Å²) in [6, 6.07) is 24.3. The van der Waals surface area contributed by atoms with Gasteiger partial charge in [-0.15, -0.1) is 0 Å². The van der Waals surface area contributed by atoms with Crippen LogP contribution < -0.4 is 10.6 Å². The average Bonchev–Trinajstić information content (AvgIpc) is 3.44. The van der Waals surface area contributed by atoms with Gasteiger partial charge in [0.1, 0.15) is 24.2 Å². The van der Waals surface area contributed by atoms with Crippen LogP contribution in [0.4, 0.5) is 0 Å². The van der Waals surface area contributed by atoms with Gasteiger partial charge in [0.2, 0.25) is 5.91 Å². The Balaban J connectivity index is 1.51. The van der Waals surface area contributed by atoms with Gasteiger partial charge in [-0.2, -0.15) is 11.8 Å². The first-order valence-electron chi connectivity index (χ1n) is 13.6. The monoisotopic (exact) mass is 590 g/mol. The lowest BCUT2D eigenvalue weighted by atomic mass is 9.93. The fourth-order valence-corrected chi connectivity index (χ4v) is 5.11. The van der Waals surface area contributed by atoms with Crippen molar-refractivity contribution in [2.75, 3.05) is 18.6 Å². The smallest absolute Gasteiger partial charge is 0.252 e. The second-order valence-electron chi connectivity index (χ2n) is 9.66. The summed E-state index contributed by atoms with van der Waals surface area (Å²) in [4.78, 5) is 26.2. The first-order chi connectivity index (χ1) is 19.9. The predicted octanol–water partition coefficient (Wildman–Crippen LogP) is 7.28. The largest absolute Gasteiger partial charge is 0.459 e. The number of rotatable bonds is 13. The maximum Gasteiger partial charge on any atom is 0.252 e. The zero-order valence-corrected chi connectivity index (χ0v) is 25.1. The Morgan fingerprint density at radius 2 is 1.76 bits per heavy atom. The number of amides is 2. The number of ether oxygens (including phenoxy) is 1. The van der Waals surface area contributed by atoms with Crippen LogP contribution in [0.25, 0.3) is 22.5 Å². The van der Waals surface area contributed by atoms with Gasteiger partial charge < -0.3 is 19.8 Å². The predicted molar refractivity (Wildman–Crippen MR) is 167 cm³/mol. The molecule has 1 heterocycles. The van der Waals surface area contributed by atoms with Crippen LogP contribution in [0.3, 0.4) is 0 Å². The molecule has 0 aliphatic rings. The second-order valence-corrected chi connectivity index (χ2v) is 11.1. The maximum absolute atomic E-state index is 13.5. The van der Waals surface area contributed by atoms with Crippen molar-refractivity contribution in [3.05, 3.63) is 106 Å². The molecule has 4 rings (SSSR count). The summed E-state index contributed by atoms with van der Waals surface area (Å²) < 4.78 is 11.9. The molecule has 2 amide bonds. The third-order valence-electron chi connectivity index (χ3n) is 6.65. The number of nitrogens with one attached hydrogen (secondary N) is 2. The molecule has 0 saturated carbocycles. The summed E-state index contributed by atoms with van der Waals surface area (Å²) in [5, 5.41) is 6.48. The van der Waals surface area contributed by atoms with E-state index in [0.29, 0.717) is 42.5 Å². The van der Waals surface area contributed by atoms with Crippen LogP contribution >= 0.6 is 23.4 Å². The molecule has 0 saturated heterocycles. The SMILES string of the molecule is CCNC(=O)[C@H](CCSC)NC(=O)c1ccc(COCc2ccc(-c3ccc(Cl)cc3)o2)cc1-c1ccccc1C. The number of carbonyl (C=O) groups is 2. The van der Waals surface area contributed by atoms with Gasteiger partial charge in [-0.05, 0) is 103 Å². The number of aryl methyl sites for hydroxylation is 1. The van der Waals surface area contributed by atoms with E-state index in [0.717, 1.165) is 39.3 Å². The highest BCUT2D eigenvalue weighted by Gasteiger charge is 2.23. The Bertz CT molecular complexity index is 1470. The Kier molecular flexibility index (Phi) is 11.1. The minimum absolute atomic E-state index is 0.172. The Morgan fingerprint density at radius 1 is 0.976 bits per heavy atom. The Labute approximate surface area is 250 Å². The number of halogens is 1. The standard InChI is InChI=1S/C33H35ClN2O4S/c1-4-35-33(38)30(17-18-41-3)36-32(37)28-15-9-23(19-29(28)27-8-6-5-7-22(27)2)20-39-21-26-14-16-31(40-26)24-10-12-25(34)13-11-24/h5-16,19,30H,4,17-18,20-21H2,1-3H3,(H,35,38)(H,36,37)/t30-/m0/s1. The quantitative estimate of drug-likeness (QED) is 0.171. The van der Waals surface area contributed by atoms with E-state index in [2.05, 4.69) is 10.6 Å². The molecule has 0 radical (unpaired) electrons. The fourth-order valence-electron chi connectivity index (χ4n) is 4.51. The van der Waals surface area contributed by atoms with Crippen LogP contribution in [0.15, 0.2) is 83.3 Å². The Morgan fingerprint density at radius 3 is 2.49 bits per heavy atom. The van der Waals surface area contributed by atoms with Crippen LogP contribution in [-0.2, 0) is 22.7 Å². The summed E-state index contributed by atoms with van der Waals surface area (Å²) in [7, 11) is 0. The Hall–Kier alpha value is -3.52. The van der Waals surface area contributed by atoms with Gasteiger partial charge in [-0.3, -0.25) is 9.59 Å². The molecule has 0 unspecified atom stereocenters. The molecule has 6 nitrogen and oxygen atoms in total. The lowest BCUT2D eigenvalue weighted by Crippen LogP contribution is -2.47. The van der Waals surface area contributed by atoms with E-state index >= 15 is 0 Å². The molecule has 2 N–H and O–H groups in total. The first-order valence-corrected chi connectivity index (χ1v) is 15.4. The maximum atomic E-state index is 13.5. The number of hydrogen-bond donors (Lipinski definition) is 2. The van der Waals surface area contributed by atoms with Crippen molar-refractivity contribution in [2.24, 2.45) is 0 Å². The van der Waals surface area contributed by atoms with E-state index in [9.17, 15) is 9.59 Å². The summed E-state index contributed by atoms with van der Waals surface area (Å²) in [5.41, 5.74) is 5.18. The fraction of sp³-hybridized carbons (Fsp3) is 0.273. The van der Waals surface area contributed by atoms with Crippen molar-refractivity contribution < 1.29 is 18.7 Å². The summed E-state index contributed by atoms with van der Waals surface area (Å²) >= 11 is 7.63. The summed E-state index contributed by atoms with van der Waals surface area (Å²) in [6.45, 7) is 5.04. The third-order valence-corrected chi connectivity index (χ3v) is 7.55. The first kappa shape index (κ1) is 30.4. The van der Waals surface area contributed by atoms with E-state index in [1.165, 1.54) is 0 Å². The number of hydrogen-bond acceptors (Lipinski definition) is 5. The van der Waals surface area contributed by atoms with Gasteiger partial charge in [0.15, 0.2) is 0 Å². The van der Waals surface area contributed by atoms with Crippen LogP contribution in [0.2, 0.25) is 5.02 Å². The van der Waals surface area contributed by atoms with Gasteiger partial charge >= 0.3 is 0 Å². The highest BCUT2D eigenvalue weighted by Crippen LogP contribution is 2.29. The third kappa shape index (κ3) is 8.26. The topological polar surface area (TPSA) is 80.6 Å². The molecule has 0 bridgehead atoms. The highest BCUT2D eigenvalue weighted by atomic mass is 35.5. The van der Waals surface area contributed by atoms with E-state index in [4.69, 9.17) is 20.8 Å². The molecule has 1 aromatic heterocycles. The van der Waals surface area contributed by atoms with Crippen molar-refractivity contribution in [3.8, 4) is 22.5 Å². The van der Waals surface area contributed by atoms with Crippen molar-refractivity contribution >= 4 is 35.2 Å². The van der Waals surface area contributed by atoms with E-state index in [-0.39, 0.29) is 11.8 Å². The molecule has 41 heavy (non-hydrogen) atoms. The van der Waals surface area contributed by atoms with E-state index < -0.39 is 6.04 Å². The van der Waals surface area contributed by atoms with Gasteiger partial charge in [0.05, 0.1) is 6.61 Å². The van der Waals surface area contributed by atoms with Crippen molar-refractivity contribution in [1.29, 1.82) is 0 Å². The van der Waals surface area contributed by atoms with Gasteiger partial charge in [-0.1, -0.05) is 41.9 Å². The van der Waals surface area contributed by atoms with Gasteiger partial charge in [0.25, 0.3) is 5.91 Å². The molecule has 3 aromatic carbocycles. The van der Waals surface area contributed by atoms with Crippen molar-refractivity contribution in [2.45, 2.75) is 39.5 Å². The lowest BCUT2D eigenvalue weighted by Gasteiger charge is -2.20. The van der Waals surface area contributed by atoms with Crippen molar-refractivity contribution in [1.82, 2.24) is 10.6 Å². The van der Waals surface area contributed by atoms with E-state index in [1.54, 1.807) is 11.8 Å². The second kappa shape index (κ2) is 14.9. The molecule has 214 valence electrons. The lowest BCUT2D eigenvalue weighted by molar-refractivity contribution is -0.122. The number of thioether (sulfide) groups is 1. The molecule has 0 spiro atoms. The molecule has 8 heteroatoms. The van der Waals surface area contributed by atoms with Gasteiger partial charge in [0, 0.05) is 22.7 Å².